The molecule has 1 aliphatic heterocycles. The van der Waals surface area contributed by atoms with Crippen LogP contribution in [0.15, 0.2) is 16.7 Å². The van der Waals surface area contributed by atoms with E-state index in [1.165, 1.54) is 12.8 Å². The Bertz CT molecular complexity index is 740. The van der Waals surface area contributed by atoms with Crippen LogP contribution in [0.25, 0.3) is 0 Å². The number of nitrogens with one attached hydrogen (secondary N) is 1. The van der Waals surface area contributed by atoms with Crippen LogP contribution in [0.1, 0.15) is 48.2 Å². The third kappa shape index (κ3) is 3.96. The molecular formula is C18H25N5O3. The molecule has 8 heteroatoms. The maximum atomic E-state index is 9.07. The number of aliphatic hydroxyl groups is 1. The minimum absolute atomic E-state index is 0.0359. The number of anilines is 2. The summed E-state index contributed by atoms with van der Waals surface area (Å²) in [4.78, 5) is 11.2. The minimum Gasteiger partial charge on any atom is -0.395 e. The van der Waals surface area contributed by atoms with E-state index in [0.29, 0.717) is 31.6 Å². The van der Waals surface area contributed by atoms with Crippen LogP contribution in [-0.2, 0) is 11.3 Å². The topological polar surface area (TPSA) is 96.5 Å². The van der Waals surface area contributed by atoms with Gasteiger partial charge in [0.15, 0.2) is 0 Å². The average Bonchev–Trinajstić information content (AvgIpc) is 3.16. The van der Waals surface area contributed by atoms with Gasteiger partial charge in [0.25, 0.3) is 0 Å². The van der Waals surface area contributed by atoms with E-state index < -0.39 is 0 Å². The molecule has 1 aliphatic carbocycles. The van der Waals surface area contributed by atoms with Crippen molar-refractivity contribution in [2.45, 2.75) is 37.6 Å². The zero-order valence-corrected chi connectivity index (χ0v) is 15.0. The molecule has 0 radical (unpaired) electrons. The number of hydrogen-bond donors (Lipinski definition) is 2. The van der Waals surface area contributed by atoms with Crippen molar-refractivity contribution in [3.05, 3.63) is 29.3 Å². The molecule has 4 rings (SSSR count). The summed E-state index contributed by atoms with van der Waals surface area (Å²) in [7, 11) is 1.98. The molecule has 26 heavy (non-hydrogen) atoms. The molecule has 2 N–H and O–H groups in total. The van der Waals surface area contributed by atoms with Crippen molar-refractivity contribution in [3.8, 4) is 0 Å². The molecule has 8 nitrogen and oxygen atoms in total. The summed E-state index contributed by atoms with van der Waals surface area (Å²) in [5, 5.41) is 16.3. The molecule has 1 atom stereocenters. The molecule has 0 unspecified atom stereocenters. The monoisotopic (exact) mass is 359 g/mol. The lowest BCUT2D eigenvalue weighted by atomic mass is 10.0. The van der Waals surface area contributed by atoms with Gasteiger partial charge in [-0.25, -0.2) is 4.98 Å². The molecular weight excluding hydrogens is 334 g/mol. The number of aromatic nitrogens is 3. The van der Waals surface area contributed by atoms with Crippen LogP contribution >= 0.6 is 0 Å². The van der Waals surface area contributed by atoms with Gasteiger partial charge >= 0.3 is 0 Å². The minimum atomic E-state index is 0.0359. The van der Waals surface area contributed by atoms with Crippen molar-refractivity contribution < 1.29 is 14.4 Å². The lowest BCUT2D eigenvalue weighted by Crippen LogP contribution is -2.20. The van der Waals surface area contributed by atoms with Crippen LogP contribution < -0.4 is 10.2 Å². The molecule has 2 aliphatic rings. The average molecular weight is 359 g/mol. The molecule has 0 spiro atoms. The highest BCUT2D eigenvalue weighted by Crippen LogP contribution is 2.40. The van der Waals surface area contributed by atoms with Crippen LogP contribution in [0, 0.1) is 0 Å². The summed E-state index contributed by atoms with van der Waals surface area (Å²) in [6.45, 7) is 2.53. The maximum Gasteiger partial charge on any atom is 0.224 e. The maximum absolute atomic E-state index is 9.07. The van der Waals surface area contributed by atoms with Crippen molar-refractivity contribution >= 4 is 11.8 Å². The predicted octanol–water partition coefficient (Wildman–Crippen LogP) is 1.89. The van der Waals surface area contributed by atoms with E-state index in [2.05, 4.69) is 20.4 Å². The van der Waals surface area contributed by atoms with Gasteiger partial charge < -0.3 is 24.6 Å². The number of rotatable bonds is 8. The first-order valence-electron chi connectivity index (χ1n) is 9.21. The first kappa shape index (κ1) is 17.2. The summed E-state index contributed by atoms with van der Waals surface area (Å²) in [5.74, 6) is 3.19. The molecule has 0 bridgehead atoms. The highest BCUT2D eigenvalue weighted by atomic mass is 16.5. The SMILES string of the molecule is CN(Cc1cc(C2CC2)on1)c1cc([C@@H]2CCOC2)nc(NCCO)n1. The van der Waals surface area contributed by atoms with Crippen LogP contribution in [0.2, 0.25) is 0 Å². The normalized spacial score (nSPS) is 19.7. The van der Waals surface area contributed by atoms with Gasteiger partial charge in [0.1, 0.15) is 17.3 Å². The number of nitrogens with zero attached hydrogens (tertiary/aromatic N) is 4. The van der Waals surface area contributed by atoms with Gasteiger partial charge in [-0.3, -0.25) is 0 Å². The van der Waals surface area contributed by atoms with E-state index >= 15 is 0 Å². The number of ether oxygens (including phenoxy) is 1. The van der Waals surface area contributed by atoms with Crippen LogP contribution in [0.5, 0.6) is 0 Å². The van der Waals surface area contributed by atoms with E-state index in [4.69, 9.17) is 14.4 Å². The predicted molar refractivity (Wildman–Crippen MR) is 96.4 cm³/mol. The van der Waals surface area contributed by atoms with Crippen molar-refractivity contribution in [1.82, 2.24) is 15.1 Å². The van der Waals surface area contributed by atoms with Gasteiger partial charge in [-0.05, 0) is 19.3 Å². The Hall–Kier alpha value is -2.19. The van der Waals surface area contributed by atoms with Gasteiger partial charge in [-0.1, -0.05) is 5.16 Å². The molecule has 3 heterocycles. The Morgan fingerprint density at radius 2 is 2.12 bits per heavy atom. The molecule has 2 fully saturated rings. The van der Waals surface area contributed by atoms with E-state index in [1.54, 1.807) is 0 Å². The molecule has 1 saturated heterocycles. The summed E-state index contributed by atoms with van der Waals surface area (Å²) >= 11 is 0. The van der Waals surface area contributed by atoms with Crippen molar-refractivity contribution in [2.75, 3.05) is 43.6 Å². The largest absolute Gasteiger partial charge is 0.395 e. The van der Waals surface area contributed by atoms with E-state index in [-0.39, 0.29) is 12.5 Å². The smallest absolute Gasteiger partial charge is 0.224 e. The second-order valence-electron chi connectivity index (χ2n) is 7.04. The Morgan fingerprint density at radius 1 is 1.23 bits per heavy atom. The molecule has 1 saturated carbocycles. The Labute approximate surface area is 152 Å². The molecule has 2 aromatic rings. The fraction of sp³-hybridized carbons (Fsp3) is 0.611. The lowest BCUT2D eigenvalue weighted by molar-refractivity contribution is 0.193. The first-order valence-corrected chi connectivity index (χ1v) is 9.21. The Morgan fingerprint density at radius 3 is 2.85 bits per heavy atom. The highest BCUT2D eigenvalue weighted by molar-refractivity contribution is 5.45. The van der Waals surface area contributed by atoms with Crippen molar-refractivity contribution in [3.63, 3.8) is 0 Å². The molecule has 140 valence electrons. The zero-order valence-electron chi connectivity index (χ0n) is 15.0. The zero-order chi connectivity index (χ0) is 17.9. The molecule has 0 amide bonds. The summed E-state index contributed by atoms with van der Waals surface area (Å²) in [5.41, 5.74) is 1.88. The summed E-state index contributed by atoms with van der Waals surface area (Å²) in [6.07, 6.45) is 3.36. The number of aliphatic hydroxyl groups excluding tert-OH is 1. The molecule has 2 aromatic heterocycles. The van der Waals surface area contributed by atoms with Crippen LogP contribution in [0.3, 0.4) is 0 Å². The van der Waals surface area contributed by atoms with E-state index in [9.17, 15) is 0 Å². The fourth-order valence-electron chi connectivity index (χ4n) is 3.16. The van der Waals surface area contributed by atoms with Gasteiger partial charge in [-0.15, -0.1) is 0 Å². The quantitative estimate of drug-likeness (QED) is 0.737. The van der Waals surface area contributed by atoms with Crippen LogP contribution in [0.4, 0.5) is 11.8 Å². The van der Waals surface area contributed by atoms with E-state index in [0.717, 1.165) is 36.0 Å². The van der Waals surface area contributed by atoms with Gasteiger partial charge in [0.05, 0.1) is 25.5 Å². The van der Waals surface area contributed by atoms with Gasteiger partial charge in [-0.2, -0.15) is 4.98 Å². The lowest BCUT2D eigenvalue weighted by Gasteiger charge is -2.19. The fourth-order valence-corrected chi connectivity index (χ4v) is 3.16. The Kier molecular flexibility index (Phi) is 5.03. The Balaban J connectivity index is 1.52. The standard InChI is InChI=1S/C18H25N5O3/c1-23(10-14-8-16(26-22-14)12-2-3-12)17-9-15(13-4-7-25-11-13)20-18(21-17)19-5-6-24/h8-9,12-13,24H,2-7,10-11H2,1H3,(H,19,20,21)/t13-/m1/s1. The van der Waals surface area contributed by atoms with Gasteiger partial charge in [0.2, 0.25) is 5.95 Å². The van der Waals surface area contributed by atoms with Crippen molar-refractivity contribution in [1.29, 1.82) is 0 Å². The summed E-state index contributed by atoms with van der Waals surface area (Å²) in [6, 6.07) is 4.07. The second-order valence-corrected chi connectivity index (χ2v) is 7.04. The van der Waals surface area contributed by atoms with E-state index in [1.807, 2.05) is 24.1 Å². The molecule has 0 aromatic carbocycles. The van der Waals surface area contributed by atoms with Crippen molar-refractivity contribution in [2.24, 2.45) is 0 Å². The second kappa shape index (κ2) is 7.59. The first-order chi connectivity index (χ1) is 12.7. The highest BCUT2D eigenvalue weighted by Gasteiger charge is 2.28. The van der Waals surface area contributed by atoms with Crippen LogP contribution in [-0.4, -0.2) is 53.6 Å². The third-order valence-electron chi connectivity index (χ3n) is 4.82. The van der Waals surface area contributed by atoms with Gasteiger partial charge in [0, 0.05) is 44.2 Å². The third-order valence-corrected chi connectivity index (χ3v) is 4.82. The number of hydrogen-bond acceptors (Lipinski definition) is 8. The summed E-state index contributed by atoms with van der Waals surface area (Å²) < 4.78 is 10.9.